The average Bonchev–Trinajstić information content (AvgIpc) is 3.04. The van der Waals surface area contributed by atoms with E-state index < -0.39 is 5.97 Å². The molecule has 4 aliphatic carbocycles. The Balaban J connectivity index is 1.75. The molecule has 4 aliphatic rings. The fraction of sp³-hybridized carbons (Fsp3) is 0.923. The lowest BCUT2D eigenvalue weighted by molar-refractivity contribution is -0.211. The Kier molecular flexibility index (Phi) is 5.77. The Morgan fingerprint density at radius 2 is 1.70 bits per heavy atom. The van der Waals surface area contributed by atoms with Gasteiger partial charge in [-0.25, -0.2) is 0 Å². The summed E-state index contributed by atoms with van der Waals surface area (Å²) in [6.07, 6.45) is 10.7. The molecule has 4 saturated carbocycles. The van der Waals surface area contributed by atoms with E-state index in [0.717, 1.165) is 25.7 Å². The zero-order chi connectivity index (χ0) is 21.8. The number of hydrogen-bond donors (Lipinski definition) is 1. The van der Waals surface area contributed by atoms with Crippen LogP contribution in [0.4, 0.5) is 0 Å². The highest BCUT2D eigenvalue weighted by molar-refractivity contribution is 5.70. The zero-order valence-electron chi connectivity index (χ0n) is 19.7. The molecule has 0 aromatic carbocycles. The molecule has 4 heteroatoms. The number of rotatable bonds is 4. The summed E-state index contributed by atoms with van der Waals surface area (Å²) in [4.78, 5) is 24.1. The Labute approximate surface area is 182 Å². The third kappa shape index (κ3) is 3.14. The molecule has 30 heavy (non-hydrogen) atoms. The van der Waals surface area contributed by atoms with Crippen LogP contribution in [0, 0.1) is 52.3 Å². The van der Waals surface area contributed by atoms with Crippen molar-refractivity contribution < 1.29 is 19.4 Å². The molecule has 0 heterocycles. The lowest BCUT2D eigenvalue weighted by Gasteiger charge is -2.64. The van der Waals surface area contributed by atoms with Crippen molar-refractivity contribution in [2.24, 2.45) is 52.3 Å². The van der Waals surface area contributed by atoms with Gasteiger partial charge in [0, 0.05) is 12.8 Å². The van der Waals surface area contributed by atoms with Crippen molar-refractivity contribution in [3.63, 3.8) is 0 Å². The van der Waals surface area contributed by atoms with Crippen LogP contribution in [0.15, 0.2) is 0 Å². The largest absolute Gasteiger partial charge is 0.481 e. The first-order valence-electron chi connectivity index (χ1n) is 12.5. The number of aliphatic carboxylic acids is 1. The van der Waals surface area contributed by atoms with E-state index in [4.69, 9.17) is 4.74 Å². The molecule has 170 valence electrons. The number of fused-ring (bicyclic) bond motifs is 5. The minimum Gasteiger partial charge on any atom is -0.481 e. The van der Waals surface area contributed by atoms with Crippen molar-refractivity contribution in [1.82, 2.24) is 0 Å². The summed E-state index contributed by atoms with van der Waals surface area (Å²) in [6, 6.07) is 0. The van der Waals surface area contributed by atoms with Crippen LogP contribution in [-0.2, 0) is 14.3 Å². The van der Waals surface area contributed by atoms with Gasteiger partial charge in [-0.15, -0.1) is 0 Å². The first-order valence-corrected chi connectivity index (χ1v) is 12.5. The molecule has 0 amide bonds. The standard InChI is InChI=1S/C26H42O4/c1-6-17-19-9-7-8-13-25(19,4)21-12-14-26(5)18(15(2)24(28)29)10-11-20(26)22(21)23(17)30-16(3)27/h15,17-23H,6-14H2,1-5H3,(H,28,29)/t15-,17+,18+,19-,20-,21-,22-,23+,25-,26+/m0/s1. The van der Waals surface area contributed by atoms with Crippen LogP contribution in [0.1, 0.15) is 92.4 Å². The van der Waals surface area contributed by atoms with Crippen molar-refractivity contribution in [2.45, 2.75) is 98.5 Å². The molecular weight excluding hydrogens is 376 g/mol. The molecule has 4 rings (SSSR count). The summed E-state index contributed by atoms with van der Waals surface area (Å²) in [5.74, 6) is 1.70. The number of esters is 1. The molecule has 0 unspecified atom stereocenters. The summed E-state index contributed by atoms with van der Waals surface area (Å²) in [6.45, 7) is 10.7. The number of carboxylic acids is 1. The van der Waals surface area contributed by atoms with E-state index in [9.17, 15) is 14.7 Å². The third-order valence-electron chi connectivity index (χ3n) is 10.7. The molecule has 4 nitrogen and oxygen atoms in total. The number of carbonyl (C=O) groups is 2. The lowest BCUT2D eigenvalue weighted by Crippen LogP contribution is -2.62. The minimum absolute atomic E-state index is 0.0113. The summed E-state index contributed by atoms with van der Waals surface area (Å²) < 4.78 is 6.20. The highest BCUT2D eigenvalue weighted by Crippen LogP contribution is 2.69. The molecular formula is C26H42O4. The highest BCUT2D eigenvalue weighted by Gasteiger charge is 2.65. The van der Waals surface area contributed by atoms with Gasteiger partial charge in [-0.1, -0.05) is 40.5 Å². The fourth-order valence-electron chi connectivity index (χ4n) is 9.39. The van der Waals surface area contributed by atoms with Crippen LogP contribution < -0.4 is 0 Å². The third-order valence-corrected chi connectivity index (χ3v) is 10.7. The van der Waals surface area contributed by atoms with Gasteiger partial charge >= 0.3 is 11.9 Å². The van der Waals surface area contributed by atoms with Gasteiger partial charge in [0.1, 0.15) is 6.10 Å². The Hall–Kier alpha value is -1.06. The van der Waals surface area contributed by atoms with Crippen molar-refractivity contribution in [2.75, 3.05) is 0 Å². The predicted molar refractivity (Wildman–Crippen MR) is 117 cm³/mol. The molecule has 0 aromatic rings. The highest BCUT2D eigenvalue weighted by atomic mass is 16.5. The molecule has 0 bridgehead atoms. The van der Waals surface area contributed by atoms with Crippen molar-refractivity contribution in [3.05, 3.63) is 0 Å². The number of ether oxygens (including phenoxy) is 1. The molecule has 0 saturated heterocycles. The SMILES string of the molecule is CC[C@H]1[C@@H](OC(C)=O)[C@@H]2[C@H](CC[C@]3(C)[C@@H]([C@H](C)C(=O)O)CC[C@@H]23)[C@@]2(C)CCCC[C@@H]12. The second-order valence-corrected chi connectivity index (χ2v) is 11.6. The fourth-order valence-corrected chi connectivity index (χ4v) is 9.39. The topological polar surface area (TPSA) is 63.6 Å². The van der Waals surface area contributed by atoms with Gasteiger partial charge in [-0.05, 0) is 85.4 Å². The Morgan fingerprint density at radius 3 is 2.33 bits per heavy atom. The van der Waals surface area contributed by atoms with Gasteiger partial charge in [-0.2, -0.15) is 0 Å². The van der Waals surface area contributed by atoms with Crippen LogP contribution >= 0.6 is 0 Å². The zero-order valence-corrected chi connectivity index (χ0v) is 19.7. The van der Waals surface area contributed by atoms with Crippen molar-refractivity contribution in [1.29, 1.82) is 0 Å². The van der Waals surface area contributed by atoms with Gasteiger partial charge in [0.25, 0.3) is 0 Å². The number of carbonyl (C=O) groups excluding carboxylic acids is 1. The number of hydrogen-bond acceptors (Lipinski definition) is 3. The van der Waals surface area contributed by atoms with Gasteiger partial charge in [0.15, 0.2) is 0 Å². The lowest BCUT2D eigenvalue weighted by atomic mass is 9.41. The first kappa shape index (κ1) is 22.1. The van der Waals surface area contributed by atoms with E-state index in [1.165, 1.54) is 32.1 Å². The van der Waals surface area contributed by atoms with Gasteiger partial charge in [-0.3, -0.25) is 9.59 Å². The summed E-state index contributed by atoms with van der Waals surface area (Å²) >= 11 is 0. The summed E-state index contributed by atoms with van der Waals surface area (Å²) in [5.41, 5.74) is 0.394. The minimum atomic E-state index is -0.657. The maximum Gasteiger partial charge on any atom is 0.306 e. The smallest absolute Gasteiger partial charge is 0.306 e. The second-order valence-electron chi connectivity index (χ2n) is 11.6. The van der Waals surface area contributed by atoms with Crippen LogP contribution in [-0.4, -0.2) is 23.1 Å². The Morgan fingerprint density at radius 1 is 1.00 bits per heavy atom. The molecule has 0 aromatic heterocycles. The summed E-state index contributed by atoms with van der Waals surface area (Å²) in [5, 5.41) is 9.76. The average molecular weight is 419 g/mol. The van der Waals surface area contributed by atoms with E-state index in [-0.39, 0.29) is 29.3 Å². The molecule has 10 atom stereocenters. The molecule has 0 aliphatic heterocycles. The second kappa shape index (κ2) is 7.81. The van der Waals surface area contributed by atoms with Gasteiger partial charge < -0.3 is 9.84 Å². The Bertz CT molecular complexity index is 689. The van der Waals surface area contributed by atoms with E-state index >= 15 is 0 Å². The van der Waals surface area contributed by atoms with E-state index in [2.05, 4.69) is 20.8 Å². The maximum atomic E-state index is 12.2. The maximum absolute atomic E-state index is 12.2. The van der Waals surface area contributed by atoms with Crippen LogP contribution in [0.25, 0.3) is 0 Å². The van der Waals surface area contributed by atoms with Gasteiger partial charge in [0.05, 0.1) is 5.92 Å². The van der Waals surface area contributed by atoms with Crippen molar-refractivity contribution >= 4 is 11.9 Å². The van der Waals surface area contributed by atoms with E-state index in [1.54, 1.807) is 6.92 Å². The molecule has 0 spiro atoms. The van der Waals surface area contributed by atoms with E-state index in [1.807, 2.05) is 6.92 Å². The van der Waals surface area contributed by atoms with Crippen LogP contribution in [0.5, 0.6) is 0 Å². The molecule has 4 fully saturated rings. The van der Waals surface area contributed by atoms with Gasteiger partial charge in [0.2, 0.25) is 0 Å². The normalized spacial score (nSPS) is 48.8. The van der Waals surface area contributed by atoms with Crippen LogP contribution in [0.2, 0.25) is 0 Å². The molecule has 0 radical (unpaired) electrons. The predicted octanol–water partition coefficient (Wildman–Crippen LogP) is 5.93. The van der Waals surface area contributed by atoms with Crippen LogP contribution in [0.3, 0.4) is 0 Å². The number of carboxylic acid groups (broad SMARTS) is 1. The van der Waals surface area contributed by atoms with Crippen molar-refractivity contribution in [3.8, 4) is 0 Å². The first-order chi connectivity index (χ1) is 14.1. The molecule has 1 N–H and O–H groups in total. The monoisotopic (exact) mass is 418 g/mol. The quantitative estimate of drug-likeness (QED) is 0.574. The summed E-state index contributed by atoms with van der Waals surface area (Å²) in [7, 11) is 0. The van der Waals surface area contributed by atoms with E-state index in [0.29, 0.717) is 35.0 Å².